The molecule has 0 fully saturated rings. The van der Waals surface area contributed by atoms with Gasteiger partial charge in [-0.25, -0.2) is 9.59 Å². The molecule has 0 aliphatic carbocycles. The maximum atomic E-state index is 11.8. The van der Waals surface area contributed by atoms with Crippen molar-refractivity contribution >= 4 is 17.7 Å². The molecule has 2 amide bonds. The molecule has 0 spiro atoms. The molecule has 2 aromatic rings. The van der Waals surface area contributed by atoms with Crippen molar-refractivity contribution in [2.75, 3.05) is 5.32 Å². The molecule has 0 aliphatic heterocycles. The van der Waals surface area contributed by atoms with Gasteiger partial charge in [0, 0.05) is 31.5 Å². The monoisotopic (exact) mass is 289 g/mol. The van der Waals surface area contributed by atoms with Crippen LogP contribution in [-0.2, 0) is 13.6 Å². The summed E-state index contributed by atoms with van der Waals surface area (Å²) in [4.78, 5) is 26.3. The van der Waals surface area contributed by atoms with E-state index in [2.05, 4.69) is 20.7 Å². The second-order valence-corrected chi connectivity index (χ2v) is 4.49. The van der Waals surface area contributed by atoms with Crippen LogP contribution in [0.2, 0.25) is 0 Å². The highest BCUT2D eigenvalue weighted by Gasteiger charge is 2.08. The number of carbonyl (C=O) groups excluding carboxylic acids is 1. The van der Waals surface area contributed by atoms with E-state index in [9.17, 15) is 9.59 Å². The maximum absolute atomic E-state index is 11.8. The van der Waals surface area contributed by atoms with Crippen LogP contribution < -0.4 is 10.6 Å². The number of aryl methyl sites for hydroxylation is 2. The number of aromatic nitrogens is 3. The van der Waals surface area contributed by atoms with Crippen LogP contribution in [0.4, 0.5) is 10.5 Å². The zero-order chi connectivity index (χ0) is 15.4. The number of hydrogen-bond acceptors (Lipinski definition) is 4. The molecule has 8 heteroatoms. The minimum atomic E-state index is -1.10. The molecule has 0 atom stereocenters. The molecular weight excluding hydrogens is 274 g/mol. The van der Waals surface area contributed by atoms with Crippen molar-refractivity contribution in [2.45, 2.75) is 13.5 Å². The Morgan fingerprint density at radius 1 is 1.38 bits per heavy atom. The number of hydrogen-bond donors (Lipinski definition) is 3. The van der Waals surface area contributed by atoms with Gasteiger partial charge in [-0.05, 0) is 13.0 Å². The standard InChI is InChI=1S/C13H15N5O3/c1-8-10(7-18(2)17-8)5-15-13(21)16-11-3-9(12(19)20)4-14-6-11/h3-4,6-7H,5H2,1-2H3,(H,19,20)(H2,15,16,21). The number of nitrogens with one attached hydrogen (secondary N) is 2. The molecule has 0 aromatic carbocycles. The number of amides is 2. The SMILES string of the molecule is Cc1nn(C)cc1CNC(=O)Nc1cncc(C(=O)O)c1. The second-order valence-electron chi connectivity index (χ2n) is 4.49. The fraction of sp³-hybridized carbons (Fsp3) is 0.231. The Hall–Kier alpha value is -2.90. The molecule has 0 bridgehead atoms. The second kappa shape index (κ2) is 6.04. The average Bonchev–Trinajstić information content (AvgIpc) is 2.75. The Morgan fingerprint density at radius 3 is 2.76 bits per heavy atom. The fourth-order valence-electron chi connectivity index (χ4n) is 1.80. The molecule has 8 nitrogen and oxygen atoms in total. The predicted molar refractivity (Wildman–Crippen MR) is 75.0 cm³/mol. The zero-order valence-corrected chi connectivity index (χ0v) is 11.6. The minimum absolute atomic E-state index is 0.0101. The Kier molecular flexibility index (Phi) is 4.17. The van der Waals surface area contributed by atoms with Gasteiger partial charge in [0.15, 0.2) is 0 Å². The van der Waals surface area contributed by atoms with Gasteiger partial charge in [-0.15, -0.1) is 0 Å². The zero-order valence-electron chi connectivity index (χ0n) is 11.6. The van der Waals surface area contributed by atoms with E-state index in [1.807, 2.05) is 13.1 Å². The number of carbonyl (C=O) groups is 2. The van der Waals surface area contributed by atoms with Crippen LogP contribution in [0.5, 0.6) is 0 Å². The van der Waals surface area contributed by atoms with E-state index in [1.54, 1.807) is 11.7 Å². The summed E-state index contributed by atoms with van der Waals surface area (Å²) in [5.41, 5.74) is 2.07. The summed E-state index contributed by atoms with van der Waals surface area (Å²) < 4.78 is 1.67. The Balaban J connectivity index is 1.94. The number of carboxylic acids is 1. The van der Waals surface area contributed by atoms with Crippen LogP contribution in [0.15, 0.2) is 24.7 Å². The van der Waals surface area contributed by atoms with Crippen LogP contribution in [0.25, 0.3) is 0 Å². The van der Waals surface area contributed by atoms with E-state index >= 15 is 0 Å². The van der Waals surface area contributed by atoms with Crippen molar-refractivity contribution in [3.8, 4) is 0 Å². The van der Waals surface area contributed by atoms with Crippen LogP contribution in [0.3, 0.4) is 0 Å². The van der Waals surface area contributed by atoms with Gasteiger partial charge in [0.2, 0.25) is 0 Å². The van der Waals surface area contributed by atoms with Crippen molar-refractivity contribution in [1.82, 2.24) is 20.1 Å². The van der Waals surface area contributed by atoms with Crippen molar-refractivity contribution in [3.63, 3.8) is 0 Å². The summed E-state index contributed by atoms with van der Waals surface area (Å²) in [5.74, 6) is -1.10. The number of pyridine rings is 1. The molecule has 0 unspecified atom stereocenters. The number of rotatable bonds is 4. The fourth-order valence-corrected chi connectivity index (χ4v) is 1.80. The van der Waals surface area contributed by atoms with Crippen molar-refractivity contribution in [1.29, 1.82) is 0 Å². The summed E-state index contributed by atoms with van der Waals surface area (Å²) >= 11 is 0. The molecule has 0 saturated heterocycles. The van der Waals surface area contributed by atoms with E-state index < -0.39 is 12.0 Å². The quantitative estimate of drug-likeness (QED) is 0.782. The summed E-state index contributed by atoms with van der Waals surface area (Å²) in [6.45, 7) is 2.19. The van der Waals surface area contributed by atoms with Gasteiger partial charge in [-0.2, -0.15) is 5.10 Å². The van der Waals surface area contributed by atoms with Crippen molar-refractivity contribution < 1.29 is 14.7 Å². The Labute approximate surface area is 120 Å². The smallest absolute Gasteiger partial charge is 0.337 e. The van der Waals surface area contributed by atoms with Gasteiger partial charge in [0.25, 0.3) is 0 Å². The van der Waals surface area contributed by atoms with E-state index in [1.165, 1.54) is 18.5 Å². The highest BCUT2D eigenvalue weighted by atomic mass is 16.4. The molecule has 2 rings (SSSR count). The number of urea groups is 1. The molecule has 3 N–H and O–H groups in total. The minimum Gasteiger partial charge on any atom is -0.478 e. The number of carboxylic acid groups (broad SMARTS) is 1. The normalized spacial score (nSPS) is 10.2. The first kappa shape index (κ1) is 14.5. The molecule has 2 aromatic heterocycles. The molecule has 0 radical (unpaired) electrons. The topological polar surface area (TPSA) is 109 Å². The molecule has 0 saturated carbocycles. The van der Waals surface area contributed by atoms with E-state index in [-0.39, 0.29) is 5.56 Å². The van der Waals surface area contributed by atoms with Gasteiger partial charge >= 0.3 is 12.0 Å². The lowest BCUT2D eigenvalue weighted by Crippen LogP contribution is -2.28. The highest BCUT2D eigenvalue weighted by Crippen LogP contribution is 2.08. The first-order valence-electron chi connectivity index (χ1n) is 6.18. The van der Waals surface area contributed by atoms with Gasteiger partial charge in [-0.3, -0.25) is 9.67 Å². The maximum Gasteiger partial charge on any atom is 0.337 e. The Bertz CT molecular complexity index is 680. The molecule has 0 aliphatic rings. The summed E-state index contributed by atoms with van der Waals surface area (Å²) in [6, 6.07) is 0.895. The van der Waals surface area contributed by atoms with Crippen LogP contribution >= 0.6 is 0 Å². The number of aromatic carboxylic acids is 1. The molecule has 2 heterocycles. The third-order valence-electron chi connectivity index (χ3n) is 2.80. The van der Waals surface area contributed by atoms with Gasteiger partial charge in [0.1, 0.15) is 0 Å². The summed E-state index contributed by atoms with van der Waals surface area (Å²) in [7, 11) is 1.81. The van der Waals surface area contributed by atoms with Gasteiger partial charge in [-0.1, -0.05) is 0 Å². The first-order chi connectivity index (χ1) is 9.95. The van der Waals surface area contributed by atoms with Crippen molar-refractivity contribution in [3.05, 3.63) is 41.5 Å². The van der Waals surface area contributed by atoms with Crippen LogP contribution in [0.1, 0.15) is 21.6 Å². The van der Waals surface area contributed by atoms with Crippen LogP contribution in [-0.4, -0.2) is 31.9 Å². The molecule has 110 valence electrons. The lowest BCUT2D eigenvalue weighted by molar-refractivity contribution is 0.0696. The van der Waals surface area contributed by atoms with E-state index in [0.29, 0.717) is 12.2 Å². The predicted octanol–water partition coefficient (Wildman–Crippen LogP) is 1.14. The molecule has 21 heavy (non-hydrogen) atoms. The third-order valence-corrected chi connectivity index (χ3v) is 2.80. The number of nitrogens with zero attached hydrogens (tertiary/aromatic N) is 3. The van der Waals surface area contributed by atoms with Crippen LogP contribution in [0, 0.1) is 6.92 Å². The summed E-state index contributed by atoms with van der Waals surface area (Å²) in [6.07, 6.45) is 4.41. The van der Waals surface area contributed by atoms with E-state index in [0.717, 1.165) is 11.3 Å². The lowest BCUT2D eigenvalue weighted by Gasteiger charge is -2.07. The molecular formula is C13H15N5O3. The van der Waals surface area contributed by atoms with Gasteiger partial charge < -0.3 is 15.7 Å². The first-order valence-corrected chi connectivity index (χ1v) is 6.18. The Morgan fingerprint density at radius 2 is 2.14 bits per heavy atom. The highest BCUT2D eigenvalue weighted by molar-refractivity contribution is 5.92. The average molecular weight is 289 g/mol. The summed E-state index contributed by atoms with van der Waals surface area (Å²) in [5, 5.41) is 18.2. The number of anilines is 1. The largest absolute Gasteiger partial charge is 0.478 e. The van der Waals surface area contributed by atoms with E-state index in [4.69, 9.17) is 5.11 Å². The van der Waals surface area contributed by atoms with Crippen molar-refractivity contribution in [2.24, 2.45) is 7.05 Å². The van der Waals surface area contributed by atoms with Gasteiger partial charge in [0.05, 0.1) is 23.1 Å². The lowest BCUT2D eigenvalue weighted by atomic mass is 10.2. The third kappa shape index (κ3) is 3.78.